The lowest BCUT2D eigenvalue weighted by Gasteiger charge is -2.10. The third kappa shape index (κ3) is 5.02. The van der Waals surface area contributed by atoms with Gasteiger partial charge in [-0.1, -0.05) is 59.0 Å². The molecule has 4 aromatic rings. The van der Waals surface area contributed by atoms with Gasteiger partial charge in [0.2, 0.25) is 5.91 Å². The van der Waals surface area contributed by atoms with Crippen LogP contribution in [0.1, 0.15) is 11.1 Å². The molecule has 7 nitrogen and oxygen atoms in total. The van der Waals surface area contributed by atoms with Gasteiger partial charge < -0.3 is 10.1 Å². The largest absolute Gasteiger partial charge is 0.497 e. The number of hydrogen-bond acceptors (Lipinski definition) is 7. The predicted octanol–water partition coefficient (Wildman–Crippen LogP) is 4.24. The van der Waals surface area contributed by atoms with Gasteiger partial charge in [0.05, 0.1) is 18.6 Å². The van der Waals surface area contributed by atoms with Gasteiger partial charge in [-0.05, 0) is 36.8 Å². The molecule has 0 aliphatic rings. The van der Waals surface area contributed by atoms with Gasteiger partial charge in [0, 0.05) is 19.7 Å². The van der Waals surface area contributed by atoms with Crippen molar-refractivity contribution in [1.29, 1.82) is 0 Å². The summed E-state index contributed by atoms with van der Waals surface area (Å²) in [5.74, 6) is 0.684. The number of nitrogens with zero attached hydrogens (tertiary/aromatic N) is 3. The van der Waals surface area contributed by atoms with Gasteiger partial charge in [-0.15, -0.1) is 0 Å². The smallest absolute Gasteiger partial charge is 0.273 e. The van der Waals surface area contributed by atoms with Crippen LogP contribution in [-0.2, 0) is 18.4 Å². The van der Waals surface area contributed by atoms with Gasteiger partial charge in [0.1, 0.15) is 10.4 Å². The fourth-order valence-electron chi connectivity index (χ4n) is 3.21. The Bertz CT molecular complexity index is 1440. The Morgan fingerprint density at radius 3 is 2.73 bits per heavy atom. The summed E-state index contributed by atoms with van der Waals surface area (Å²) in [7, 11) is 3.25. The Hall–Kier alpha value is -2.95. The van der Waals surface area contributed by atoms with Gasteiger partial charge in [-0.3, -0.25) is 18.7 Å². The lowest BCUT2D eigenvalue weighted by atomic mass is 10.1. The number of amides is 1. The molecule has 1 N–H and O–H groups in total. The Morgan fingerprint density at radius 2 is 2.00 bits per heavy atom. The standard InChI is InChI=1S/C23H22N4O3S3/c1-14-7-9-15(10-8-14)12-24-18(28)13-32-22-25-20-19(21(29)26(22)2)33-23(31)27(20)16-5-4-6-17(11-16)30-3/h4-11H,12-13H2,1-3H3,(H,24,28). The number of hydrogen-bond donors (Lipinski definition) is 1. The number of benzene rings is 2. The quantitative estimate of drug-likeness (QED) is 0.233. The van der Waals surface area contributed by atoms with Crippen molar-refractivity contribution < 1.29 is 9.53 Å². The van der Waals surface area contributed by atoms with Crippen molar-refractivity contribution in [3.05, 3.63) is 74.0 Å². The number of thioether (sulfide) groups is 1. The van der Waals surface area contributed by atoms with Gasteiger partial charge in [0.25, 0.3) is 5.56 Å². The Kier molecular flexibility index (Phi) is 6.96. The molecule has 0 fully saturated rings. The number of methoxy groups -OCH3 is 1. The zero-order chi connectivity index (χ0) is 23.5. The van der Waals surface area contributed by atoms with E-state index in [9.17, 15) is 9.59 Å². The molecule has 0 aliphatic carbocycles. The van der Waals surface area contributed by atoms with E-state index < -0.39 is 0 Å². The van der Waals surface area contributed by atoms with Gasteiger partial charge in [-0.25, -0.2) is 4.98 Å². The van der Waals surface area contributed by atoms with Crippen molar-refractivity contribution in [2.45, 2.75) is 18.6 Å². The number of aromatic nitrogens is 3. The van der Waals surface area contributed by atoms with Crippen molar-refractivity contribution in [2.75, 3.05) is 12.9 Å². The Morgan fingerprint density at radius 1 is 1.24 bits per heavy atom. The van der Waals surface area contributed by atoms with E-state index >= 15 is 0 Å². The van der Waals surface area contributed by atoms with Gasteiger partial charge in [-0.2, -0.15) is 0 Å². The molecule has 0 spiro atoms. The van der Waals surface area contributed by atoms with Crippen LogP contribution in [0.5, 0.6) is 5.75 Å². The summed E-state index contributed by atoms with van der Waals surface area (Å²) < 4.78 is 9.53. The van der Waals surface area contributed by atoms with E-state index in [4.69, 9.17) is 21.9 Å². The molecular formula is C23H22N4O3S3. The summed E-state index contributed by atoms with van der Waals surface area (Å²) in [6.45, 7) is 2.47. The summed E-state index contributed by atoms with van der Waals surface area (Å²) in [5, 5.41) is 3.35. The fourth-order valence-corrected chi connectivity index (χ4v) is 5.35. The molecule has 1 amide bonds. The fraction of sp³-hybridized carbons (Fsp3) is 0.217. The van der Waals surface area contributed by atoms with Crippen LogP contribution in [0.3, 0.4) is 0 Å². The summed E-state index contributed by atoms with van der Waals surface area (Å²) in [6, 6.07) is 15.4. The molecule has 0 bridgehead atoms. The first-order chi connectivity index (χ1) is 15.9. The molecule has 33 heavy (non-hydrogen) atoms. The highest BCUT2D eigenvalue weighted by atomic mass is 32.2. The maximum Gasteiger partial charge on any atom is 0.273 e. The first-order valence-corrected chi connectivity index (χ1v) is 12.3. The maximum atomic E-state index is 13.0. The van der Waals surface area contributed by atoms with Crippen molar-refractivity contribution in [2.24, 2.45) is 7.05 Å². The van der Waals surface area contributed by atoms with E-state index in [0.717, 1.165) is 11.3 Å². The van der Waals surface area contributed by atoms with E-state index in [1.807, 2.05) is 55.5 Å². The first kappa shape index (κ1) is 23.2. The zero-order valence-corrected chi connectivity index (χ0v) is 20.8. The number of thiazole rings is 1. The van der Waals surface area contributed by atoms with Crippen molar-refractivity contribution in [1.82, 2.24) is 19.4 Å². The second-order valence-corrected chi connectivity index (χ2v) is 9.95. The van der Waals surface area contributed by atoms with Gasteiger partial charge in [0.15, 0.2) is 14.8 Å². The average molecular weight is 499 g/mol. The molecule has 2 aromatic heterocycles. The highest BCUT2D eigenvalue weighted by Crippen LogP contribution is 2.27. The van der Waals surface area contributed by atoms with Crippen molar-refractivity contribution in [3.8, 4) is 11.4 Å². The van der Waals surface area contributed by atoms with Crippen LogP contribution >= 0.6 is 35.3 Å². The molecule has 0 saturated carbocycles. The number of rotatable bonds is 7. The van der Waals surface area contributed by atoms with Crippen LogP contribution in [-0.4, -0.2) is 32.9 Å². The number of ether oxygens (including phenoxy) is 1. The van der Waals surface area contributed by atoms with E-state index in [-0.39, 0.29) is 17.2 Å². The monoisotopic (exact) mass is 498 g/mol. The summed E-state index contributed by atoms with van der Waals surface area (Å²) in [6.07, 6.45) is 0. The number of fused-ring (bicyclic) bond motifs is 1. The van der Waals surface area contributed by atoms with Gasteiger partial charge >= 0.3 is 0 Å². The van der Waals surface area contributed by atoms with Crippen LogP contribution in [0.2, 0.25) is 0 Å². The third-order valence-electron chi connectivity index (χ3n) is 5.03. The minimum Gasteiger partial charge on any atom is -0.497 e. The molecule has 2 aromatic carbocycles. The molecule has 0 atom stereocenters. The minimum atomic E-state index is -0.194. The minimum absolute atomic E-state index is 0.134. The average Bonchev–Trinajstić information content (AvgIpc) is 3.16. The van der Waals surface area contributed by atoms with E-state index in [1.165, 1.54) is 33.2 Å². The molecule has 0 saturated heterocycles. The van der Waals surface area contributed by atoms with E-state index in [0.29, 0.717) is 31.8 Å². The number of aryl methyl sites for hydroxylation is 1. The van der Waals surface area contributed by atoms with E-state index in [1.54, 1.807) is 18.7 Å². The number of carbonyl (C=O) groups is 1. The summed E-state index contributed by atoms with van der Waals surface area (Å²) in [5.41, 5.74) is 3.24. The van der Waals surface area contributed by atoms with Crippen LogP contribution in [0.15, 0.2) is 58.5 Å². The SMILES string of the molecule is COc1cccc(-n2c(=S)sc3c(=O)n(C)c(SCC(=O)NCc4ccc(C)cc4)nc32)c1. The second kappa shape index (κ2) is 9.90. The topological polar surface area (TPSA) is 78.1 Å². The maximum absolute atomic E-state index is 13.0. The van der Waals surface area contributed by atoms with Crippen molar-refractivity contribution >= 4 is 51.6 Å². The molecule has 0 aliphatic heterocycles. The second-order valence-electron chi connectivity index (χ2n) is 7.37. The van der Waals surface area contributed by atoms with Crippen LogP contribution < -0.4 is 15.6 Å². The van der Waals surface area contributed by atoms with Crippen LogP contribution in [0, 0.1) is 10.9 Å². The van der Waals surface area contributed by atoms with Crippen LogP contribution in [0.25, 0.3) is 16.0 Å². The summed E-state index contributed by atoms with van der Waals surface area (Å²) >= 11 is 7.97. The van der Waals surface area contributed by atoms with E-state index in [2.05, 4.69) is 5.32 Å². The van der Waals surface area contributed by atoms with Crippen molar-refractivity contribution in [3.63, 3.8) is 0 Å². The molecule has 170 valence electrons. The first-order valence-electron chi connectivity index (χ1n) is 10.1. The molecule has 0 radical (unpaired) electrons. The molecule has 2 heterocycles. The summed E-state index contributed by atoms with van der Waals surface area (Å²) in [4.78, 5) is 30.1. The lowest BCUT2D eigenvalue weighted by molar-refractivity contribution is -0.118. The number of nitrogens with one attached hydrogen (secondary N) is 1. The van der Waals surface area contributed by atoms with Crippen LogP contribution in [0.4, 0.5) is 0 Å². The Balaban J connectivity index is 1.58. The lowest BCUT2D eigenvalue weighted by Crippen LogP contribution is -2.25. The predicted molar refractivity (Wildman–Crippen MR) is 135 cm³/mol. The zero-order valence-electron chi connectivity index (χ0n) is 18.3. The molecule has 10 heteroatoms. The third-order valence-corrected chi connectivity index (χ3v) is 7.41. The number of carbonyl (C=O) groups excluding carboxylic acids is 1. The highest BCUT2D eigenvalue weighted by molar-refractivity contribution is 7.99. The molecule has 0 unspecified atom stereocenters. The Labute approximate surface area is 204 Å². The highest BCUT2D eigenvalue weighted by Gasteiger charge is 2.17. The molecular weight excluding hydrogens is 476 g/mol. The normalized spacial score (nSPS) is 11.0. The molecule has 4 rings (SSSR count).